The topological polar surface area (TPSA) is 62.3 Å². The van der Waals surface area contributed by atoms with Crippen molar-refractivity contribution in [3.63, 3.8) is 0 Å². The second-order valence-electron chi connectivity index (χ2n) is 6.66. The molecule has 3 rings (SSSR count). The SMILES string of the molecule is CCN(C(=O)c1cncc(C(=O)NC2CCCCC2)c1)c1ccccc1. The van der Waals surface area contributed by atoms with Crippen LogP contribution in [-0.2, 0) is 0 Å². The third kappa shape index (κ3) is 4.28. The van der Waals surface area contributed by atoms with Crippen molar-refractivity contribution in [2.75, 3.05) is 11.4 Å². The van der Waals surface area contributed by atoms with E-state index in [4.69, 9.17) is 0 Å². The molecule has 2 amide bonds. The quantitative estimate of drug-likeness (QED) is 0.891. The zero-order valence-corrected chi connectivity index (χ0v) is 15.1. The van der Waals surface area contributed by atoms with Crippen LogP contribution in [0.4, 0.5) is 5.69 Å². The molecule has 1 N–H and O–H groups in total. The van der Waals surface area contributed by atoms with Crippen molar-refractivity contribution in [3.05, 3.63) is 59.9 Å². The number of hydrogen-bond donors (Lipinski definition) is 1. The molecular weight excluding hydrogens is 326 g/mol. The van der Waals surface area contributed by atoms with Crippen LogP contribution in [0.2, 0.25) is 0 Å². The largest absolute Gasteiger partial charge is 0.349 e. The Hall–Kier alpha value is -2.69. The summed E-state index contributed by atoms with van der Waals surface area (Å²) in [5.74, 6) is -0.305. The van der Waals surface area contributed by atoms with E-state index in [9.17, 15) is 9.59 Å². The molecule has 0 unspecified atom stereocenters. The first-order valence-corrected chi connectivity index (χ1v) is 9.32. The molecule has 1 aliphatic rings. The van der Waals surface area contributed by atoms with Crippen LogP contribution in [0.15, 0.2) is 48.8 Å². The molecule has 5 nitrogen and oxygen atoms in total. The minimum atomic E-state index is -0.154. The van der Waals surface area contributed by atoms with Gasteiger partial charge in [0.1, 0.15) is 0 Å². The van der Waals surface area contributed by atoms with Gasteiger partial charge in [0.25, 0.3) is 11.8 Å². The number of amides is 2. The van der Waals surface area contributed by atoms with Gasteiger partial charge >= 0.3 is 0 Å². The van der Waals surface area contributed by atoms with E-state index in [1.165, 1.54) is 18.8 Å². The Kier molecular flexibility index (Phi) is 6.00. The van der Waals surface area contributed by atoms with Crippen LogP contribution in [0.3, 0.4) is 0 Å². The number of para-hydroxylation sites is 1. The summed E-state index contributed by atoms with van der Waals surface area (Å²) in [6, 6.07) is 11.4. The van der Waals surface area contributed by atoms with Gasteiger partial charge in [-0.05, 0) is 38.0 Å². The van der Waals surface area contributed by atoms with Gasteiger partial charge in [0.15, 0.2) is 0 Å². The molecule has 0 atom stereocenters. The fourth-order valence-electron chi connectivity index (χ4n) is 3.40. The van der Waals surface area contributed by atoms with Crippen molar-refractivity contribution < 1.29 is 9.59 Å². The maximum Gasteiger partial charge on any atom is 0.259 e. The number of carbonyl (C=O) groups excluding carboxylic acids is 2. The van der Waals surface area contributed by atoms with E-state index in [0.717, 1.165) is 31.4 Å². The zero-order chi connectivity index (χ0) is 18.4. The number of anilines is 1. The van der Waals surface area contributed by atoms with Gasteiger partial charge in [-0.25, -0.2) is 0 Å². The molecule has 136 valence electrons. The lowest BCUT2D eigenvalue weighted by atomic mass is 9.95. The molecule has 1 aromatic carbocycles. The Bertz CT molecular complexity index is 755. The van der Waals surface area contributed by atoms with Gasteiger partial charge in [-0.15, -0.1) is 0 Å². The summed E-state index contributed by atoms with van der Waals surface area (Å²) in [4.78, 5) is 31.2. The summed E-state index contributed by atoms with van der Waals surface area (Å²) in [6.07, 6.45) is 8.64. The predicted molar refractivity (Wildman–Crippen MR) is 102 cm³/mol. The minimum absolute atomic E-state index is 0.151. The first-order valence-electron chi connectivity index (χ1n) is 9.32. The Morgan fingerprint density at radius 1 is 1.08 bits per heavy atom. The van der Waals surface area contributed by atoms with Crippen molar-refractivity contribution in [2.24, 2.45) is 0 Å². The first kappa shape index (κ1) is 18.1. The number of hydrogen-bond acceptors (Lipinski definition) is 3. The maximum atomic E-state index is 12.9. The number of aromatic nitrogens is 1. The number of carbonyl (C=O) groups is 2. The van der Waals surface area contributed by atoms with Crippen LogP contribution in [0.25, 0.3) is 0 Å². The lowest BCUT2D eigenvalue weighted by Gasteiger charge is -2.23. The smallest absolute Gasteiger partial charge is 0.259 e. The first-order chi connectivity index (χ1) is 12.7. The van der Waals surface area contributed by atoms with Crippen molar-refractivity contribution in [2.45, 2.75) is 45.1 Å². The van der Waals surface area contributed by atoms with Gasteiger partial charge in [-0.3, -0.25) is 14.6 Å². The maximum absolute atomic E-state index is 12.9. The van der Waals surface area contributed by atoms with E-state index in [0.29, 0.717) is 17.7 Å². The van der Waals surface area contributed by atoms with Crippen molar-refractivity contribution in [1.29, 1.82) is 0 Å². The van der Waals surface area contributed by atoms with E-state index in [2.05, 4.69) is 10.3 Å². The highest BCUT2D eigenvalue weighted by molar-refractivity contribution is 6.07. The van der Waals surface area contributed by atoms with Crippen molar-refractivity contribution >= 4 is 17.5 Å². The third-order valence-electron chi connectivity index (χ3n) is 4.82. The average Bonchev–Trinajstić information content (AvgIpc) is 2.70. The number of benzene rings is 1. The molecule has 0 aliphatic heterocycles. The molecule has 1 aromatic heterocycles. The fraction of sp³-hybridized carbons (Fsp3) is 0.381. The normalized spacial score (nSPS) is 14.7. The highest BCUT2D eigenvalue weighted by Gasteiger charge is 2.20. The summed E-state index contributed by atoms with van der Waals surface area (Å²) < 4.78 is 0. The molecule has 0 bridgehead atoms. The van der Waals surface area contributed by atoms with E-state index >= 15 is 0 Å². The number of rotatable bonds is 5. The lowest BCUT2D eigenvalue weighted by Crippen LogP contribution is -2.36. The molecule has 0 spiro atoms. The molecule has 2 aromatic rings. The van der Waals surface area contributed by atoms with Crippen LogP contribution >= 0.6 is 0 Å². The monoisotopic (exact) mass is 351 g/mol. The van der Waals surface area contributed by atoms with Gasteiger partial charge in [0.05, 0.1) is 11.1 Å². The highest BCUT2D eigenvalue weighted by atomic mass is 16.2. The van der Waals surface area contributed by atoms with Crippen LogP contribution < -0.4 is 10.2 Å². The number of pyridine rings is 1. The molecule has 0 saturated heterocycles. The molecular formula is C21H25N3O2. The Labute approximate surface area is 154 Å². The van der Waals surface area contributed by atoms with Crippen LogP contribution in [-0.4, -0.2) is 29.4 Å². The van der Waals surface area contributed by atoms with E-state index in [1.54, 1.807) is 11.0 Å². The number of nitrogens with zero attached hydrogens (tertiary/aromatic N) is 2. The Morgan fingerprint density at radius 3 is 2.46 bits per heavy atom. The van der Waals surface area contributed by atoms with Gasteiger partial charge in [0, 0.05) is 30.7 Å². The Morgan fingerprint density at radius 2 is 1.77 bits per heavy atom. The van der Waals surface area contributed by atoms with E-state index in [1.807, 2.05) is 37.3 Å². The van der Waals surface area contributed by atoms with Gasteiger partial charge in [-0.2, -0.15) is 0 Å². The molecule has 1 saturated carbocycles. The van der Waals surface area contributed by atoms with Gasteiger partial charge < -0.3 is 10.2 Å². The minimum Gasteiger partial charge on any atom is -0.349 e. The van der Waals surface area contributed by atoms with Gasteiger partial charge in [-0.1, -0.05) is 37.5 Å². The zero-order valence-electron chi connectivity index (χ0n) is 15.1. The summed E-state index contributed by atoms with van der Waals surface area (Å²) in [5.41, 5.74) is 1.69. The second-order valence-corrected chi connectivity index (χ2v) is 6.66. The van der Waals surface area contributed by atoms with Crippen molar-refractivity contribution in [3.8, 4) is 0 Å². The van der Waals surface area contributed by atoms with Crippen LogP contribution in [0.5, 0.6) is 0 Å². The van der Waals surface area contributed by atoms with Crippen molar-refractivity contribution in [1.82, 2.24) is 10.3 Å². The highest BCUT2D eigenvalue weighted by Crippen LogP contribution is 2.19. The van der Waals surface area contributed by atoms with Crippen LogP contribution in [0.1, 0.15) is 59.7 Å². The summed E-state index contributed by atoms with van der Waals surface area (Å²) >= 11 is 0. The van der Waals surface area contributed by atoms with Gasteiger partial charge in [0.2, 0.25) is 0 Å². The number of nitrogens with one attached hydrogen (secondary N) is 1. The summed E-state index contributed by atoms with van der Waals surface area (Å²) in [7, 11) is 0. The molecule has 26 heavy (non-hydrogen) atoms. The van der Waals surface area contributed by atoms with Crippen LogP contribution in [0, 0.1) is 0 Å². The predicted octanol–water partition coefficient (Wildman–Crippen LogP) is 3.81. The summed E-state index contributed by atoms with van der Waals surface area (Å²) in [6.45, 7) is 2.47. The molecule has 0 radical (unpaired) electrons. The molecule has 1 aliphatic carbocycles. The second kappa shape index (κ2) is 8.61. The standard InChI is InChI=1S/C21H25N3O2/c1-2-24(19-11-7-4-8-12-19)21(26)17-13-16(14-22-15-17)20(25)23-18-9-5-3-6-10-18/h4,7-8,11-15,18H,2-3,5-6,9-10H2,1H3,(H,23,25). The lowest BCUT2D eigenvalue weighted by molar-refractivity contribution is 0.0927. The van der Waals surface area contributed by atoms with E-state index in [-0.39, 0.29) is 17.9 Å². The third-order valence-corrected chi connectivity index (χ3v) is 4.82. The fourth-order valence-corrected chi connectivity index (χ4v) is 3.40. The van der Waals surface area contributed by atoms with E-state index < -0.39 is 0 Å². The molecule has 5 heteroatoms. The molecule has 1 fully saturated rings. The summed E-state index contributed by atoms with van der Waals surface area (Å²) in [5, 5.41) is 3.07. The average molecular weight is 351 g/mol. The molecule has 1 heterocycles. The Balaban J connectivity index is 1.75.